The van der Waals surface area contributed by atoms with E-state index >= 15 is 0 Å². The summed E-state index contributed by atoms with van der Waals surface area (Å²) in [5.74, 6) is -1.13. The molecule has 11 heteroatoms. The average Bonchev–Trinajstić information content (AvgIpc) is 3.24. The number of hydrogen-bond acceptors (Lipinski definition) is 7. The maximum absolute atomic E-state index is 13.5. The van der Waals surface area contributed by atoms with Gasteiger partial charge in [0.15, 0.2) is 0 Å². The topological polar surface area (TPSA) is 123 Å². The monoisotopic (exact) mass is 613 g/mol. The smallest absolute Gasteiger partial charge is 0.408 e. The van der Waals surface area contributed by atoms with E-state index in [9.17, 15) is 19.2 Å². The van der Waals surface area contributed by atoms with Gasteiger partial charge >= 0.3 is 12.1 Å². The number of ether oxygens (including phenoxy) is 3. The van der Waals surface area contributed by atoms with Crippen molar-refractivity contribution < 1.29 is 33.4 Å². The number of rotatable bonds is 11. The molecule has 0 saturated heterocycles. The van der Waals surface area contributed by atoms with Gasteiger partial charge in [0.1, 0.15) is 18.7 Å². The number of anilines is 1. The van der Waals surface area contributed by atoms with Crippen molar-refractivity contribution in [2.45, 2.75) is 76.7 Å². The van der Waals surface area contributed by atoms with Gasteiger partial charge in [-0.25, -0.2) is 9.59 Å². The van der Waals surface area contributed by atoms with Crippen molar-refractivity contribution >= 4 is 41.2 Å². The molecule has 1 saturated carbocycles. The van der Waals surface area contributed by atoms with E-state index in [-0.39, 0.29) is 31.3 Å². The summed E-state index contributed by atoms with van der Waals surface area (Å²) in [4.78, 5) is 53.9. The number of nitrogens with zero attached hydrogens (tertiary/aromatic N) is 1. The summed E-state index contributed by atoms with van der Waals surface area (Å²) in [7, 11) is 1.23. The number of alkyl carbamates (subject to hydrolysis) is 1. The normalized spacial score (nSPS) is 16.7. The lowest BCUT2D eigenvalue weighted by molar-refractivity contribution is -0.145. The van der Waals surface area contributed by atoms with E-state index in [4.69, 9.17) is 25.8 Å². The summed E-state index contributed by atoms with van der Waals surface area (Å²) in [6, 6.07) is 12.5. The van der Waals surface area contributed by atoms with E-state index in [1.165, 1.54) is 7.11 Å². The Labute approximate surface area is 257 Å². The van der Waals surface area contributed by atoms with Gasteiger partial charge in [-0.2, -0.15) is 0 Å². The number of nitrogens with one attached hydrogen (secondary N) is 2. The van der Waals surface area contributed by atoms with Crippen molar-refractivity contribution in [1.82, 2.24) is 10.6 Å². The summed E-state index contributed by atoms with van der Waals surface area (Å²) in [5.41, 5.74) is 2.40. The van der Waals surface area contributed by atoms with Crippen LogP contribution in [-0.4, -0.2) is 56.2 Å². The predicted molar refractivity (Wildman–Crippen MR) is 161 cm³/mol. The quantitative estimate of drug-likeness (QED) is 0.345. The van der Waals surface area contributed by atoms with Crippen molar-refractivity contribution in [1.29, 1.82) is 0 Å². The molecule has 0 unspecified atom stereocenters. The maximum Gasteiger partial charge on any atom is 0.408 e. The zero-order valence-electron chi connectivity index (χ0n) is 24.5. The minimum atomic E-state index is -1.07. The molecule has 3 amide bonds. The van der Waals surface area contributed by atoms with Gasteiger partial charge in [0, 0.05) is 29.2 Å². The highest BCUT2D eigenvalue weighted by Crippen LogP contribution is 2.28. The zero-order valence-corrected chi connectivity index (χ0v) is 25.3. The molecule has 2 N–H and O–H groups in total. The van der Waals surface area contributed by atoms with Crippen LogP contribution in [0.1, 0.15) is 62.5 Å². The summed E-state index contributed by atoms with van der Waals surface area (Å²) >= 11 is 6.02. The van der Waals surface area contributed by atoms with Crippen LogP contribution in [0.3, 0.4) is 0 Å². The summed E-state index contributed by atoms with van der Waals surface area (Å²) in [6.45, 7) is 1.18. The second-order valence-electron chi connectivity index (χ2n) is 11.0. The second kappa shape index (κ2) is 16.3. The lowest BCUT2D eigenvalue weighted by atomic mass is 9.84. The Bertz CT molecular complexity index is 1270. The first-order chi connectivity index (χ1) is 20.8. The van der Waals surface area contributed by atoms with Gasteiger partial charge in [0.25, 0.3) is 0 Å². The predicted octanol–water partition coefficient (Wildman–Crippen LogP) is 4.91. The highest BCUT2D eigenvalue weighted by atomic mass is 35.5. The molecule has 2 aliphatic rings. The maximum atomic E-state index is 13.5. The van der Waals surface area contributed by atoms with Crippen molar-refractivity contribution in [3.8, 4) is 0 Å². The van der Waals surface area contributed by atoms with E-state index in [1.807, 2.05) is 24.3 Å². The summed E-state index contributed by atoms with van der Waals surface area (Å²) in [6.07, 6.45) is 4.89. The van der Waals surface area contributed by atoms with Crippen molar-refractivity contribution in [3.05, 3.63) is 64.7 Å². The standard InChI is InChI=1S/C32H40ClN3O7/c1-41-31(39)26(14-15-29(37)36-16-17-42-21-24-11-5-6-13-28(24)36)34-30(38)27(19-22-8-3-2-4-9-22)35-32(40)43-20-23-10-7-12-25(33)18-23/h5-7,10-13,18,22,26-27H,2-4,8-9,14-17,19-21H2,1H3,(H,34,38)(H,35,40)/t26-,27-/m0/s1. The molecular weight excluding hydrogens is 574 g/mol. The Hall–Kier alpha value is -3.63. The number of hydrogen-bond donors (Lipinski definition) is 2. The number of amides is 3. The molecule has 1 aliphatic carbocycles. The van der Waals surface area contributed by atoms with E-state index in [0.29, 0.717) is 36.8 Å². The summed E-state index contributed by atoms with van der Waals surface area (Å²) in [5, 5.41) is 5.96. The third-order valence-corrected chi connectivity index (χ3v) is 8.15. The van der Waals surface area contributed by atoms with Gasteiger partial charge in [-0.15, -0.1) is 0 Å². The van der Waals surface area contributed by atoms with Crippen LogP contribution in [0.25, 0.3) is 0 Å². The van der Waals surface area contributed by atoms with Gasteiger partial charge in [0.05, 0.1) is 20.3 Å². The Kier molecular flexibility index (Phi) is 12.2. The van der Waals surface area contributed by atoms with Gasteiger partial charge in [0.2, 0.25) is 11.8 Å². The Morgan fingerprint density at radius 1 is 1.02 bits per heavy atom. The highest BCUT2D eigenvalue weighted by Gasteiger charge is 2.31. The largest absolute Gasteiger partial charge is 0.467 e. The van der Waals surface area contributed by atoms with E-state index < -0.39 is 30.1 Å². The molecular formula is C32H40ClN3O7. The zero-order chi connectivity index (χ0) is 30.6. The van der Waals surface area contributed by atoms with E-state index in [0.717, 1.165) is 43.4 Å². The minimum Gasteiger partial charge on any atom is -0.467 e. The number of halogens is 1. The van der Waals surface area contributed by atoms with Crippen molar-refractivity contribution in [3.63, 3.8) is 0 Å². The van der Waals surface area contributed by atoms with Gasteiger partial charge in [-0.1, -0.05) is 74.0 Å². The molecule has 232 valence electrons. The fourth-order valence-electron chi connectivity index (χ4n) is 5.63. The molecule has 0 radical (unpaired) electrons. The first-order valence-electron chi connectivity index (χ1n) is 14.9. The first-order valence-corrected chi connectivity index (χ1v) is 15.2. The number of methoxy groups -OCH3 is 1. The van der Waals surface area contributed by atoms with Crippen LogP contribution >= 0.6 is 11.6 Å². The van der Waals surface area contributed by atoms with Crippen molar-refractivity contribution in [2.24, 2.45) is 5.92 Å². The second-order valence-corrected chi connectivity index (χ2v) is 11.4. The molecule has 0 aromatic heterocycles. The van der Waals surface area contributed by atoms with E-state index in [1.54, 1.807) is 29.2 Å². The first kappa shape index (κ1) is 32.3. The molecule has 2 atom stereocenters. The summed E-state index contributed by atoms with van der Waals surface area (Å²) < 4.78 is 16.0. The SMILES string of the molecule is COC(=O)[C@H](CCC(=O)N1CCOCc2ccccc21)NC(=O)[C@H](CC1CCCCC1)NC(=O)OCc1cccc(Cl)c1. The molecule has 2 aromatic rings. The Morgan fingerprint density at radius 2 is 1.81 bits per heavy atom. The van der Waals surface area contributed by atoms with Crippen LogP contribution in [-0.2, 0) is 41.8 Å². The fourth-order valence-corrected chi connectivity index (χ4v) is 5.84. The molecule has 1 aliphatic heterocycles. The third kappa shape index (κ3) is 9.69. The van der Waals surface area contributed by atoms with Crippen LogP contribution in [0.4, 0.5) is 10.5 Å². The molecule has 0 bridgehead atoms. The number of carbonyl (C=O) groups is 4. The van der Waals surface area contributed by atoms with Crippen LogP contribution in [0.15, 0.2) is 48.5 Å². The lowest BCUT2D eigenvalue weighted by Gasteiger charge is -2.28. The Balaban J connectivity index is 1.40. The average molecular weight is 614 g/mol. The minimum absolute atomic E-state index is 0.00320. The Morgan fingerprint density at radius 3 is 2.58 bits per heavy atom. The van der Waals surface area contributed by atoms with Crippen LogP contribution in [0.2, 0.25) is 5.02 Å². The van der Waals surface area contributed by atoms with Crippen molar-refractivity contribution in [2.75, 3.05) is 25.2 Å². The number of fused-ring (bicyclic) bond motifs is 1. The highest BCUT2D eigenvalue weighted by molar-refractivity contribution is 6.30. The van der Waals surface area contributed by atoms with Crippen LogP contribution in [0.5, 0.6) is 0 Å². The van der Waals surface area contributed by atoms with Gasteiger partial charge in [-0.05, 0) is 42.5 Å². The van der Waals surface area contributed by atoms with Gasteiger partial charge in [-0.3, -0.25) is 9.59 Å². The number of para-hydroxylation sites is 1. The molecule has 1 fully saturated rings. The molecule has 0 spiro atoms. The number of carbonyl (C=O) groups excluding carboxylic acids is 4. The van der Waals surface area contributed by atoms with Gasteiger partial charge < -0.3 is 29.7 Å². The molecule has 10 nitrogen and oxygen atoms in total. The third-order valence-electron chi connectivity index (χ3n) is 7.91. The molecule has 4 rings (SSSR count). The lowest BCUT2D eigenvalue weighted by Crippen LogP contribution is -2.52. The number of benzene rings is 2. The number of esters is 1. The molecule has 43 heavy (non-hydrogen) atoms. The van der Waals surface area contributed by atoms with Crippen LogP contribution < -0.4 is 15.5 Å². The van der Waals surface area contributed by atoms with Crippen LogP contribution in [0, 0.1) is 5.92 Å². The fraction of sp³-hybridized carbons (Fsp3) is 0.500. The molecule has 2 aromatic carbocycles. The molecule has 1 heterocycles. The van der Waals surface area contributed by atoms with E-state index in [2.05, 4.69) is 10.6 Å².